The Morgan fingerprint density at radius 2 is 1.82 bits per heavy atom. The van der Waals surface area contributed by atoms with Crippen LogP contribution in [0, 0.1) is 12.8 Å². The summed E-state index contributed by atoms with van der Waals surface area (Å²) in [6.07, 6.45) is 3.44. The van der Waals surface area contributed by atoms with E-state index in [-0.39, 0.29) is 17.4 Å². The molecule has 0 aliphatic rings. The van der Waals surface area contributed by atoms with Crippen molar-refractivity contribution >= 4 is 28.6 Å². The van der Waals surface area contributed by atoms with Crippen LogP contribution in [0.2, 0.25) is 0 Å². The number of hydrogen-bond donors (Lipinski definition) is 1. The van der Waals surface area contributed by atoms with E-state index in [1.807, 2.05) is 75.4 Å². The van der Waals surface area contributed by atoms with Crippen molar-refractivity contribution in [2.45, 2.75) is 37.7 Å². The zero-order valence-electron chi connectivity index (χ0n) is 18.9. The van der Waals surface area contributed by atoms with Gasteiger partial charge in [-0.2, -0.15) is 0 Å². The van der Waals surface area contributed by atoms with Crippen molar-refractivity contribution in [3.63, 3.8) is 0 Å². The summed E-state index contributed by atoms with van der Waals surface area (Å²) in [6.45, 7) is 6.36. The Balaban J connectivity index is 1.74. The van der Waals surface area contributed by atoms with Crippen LogP contribution in [0.3, 0.4) is 0 Å². The van der Waals surface area contributed by atoms with E-state index in [0.717, 1.165) is 16.8 Å². The van der Waals surface area contributed by atoms with Gasteiger partial charge < -0.3 is 5.32 Å². The van der Waals surface area contributed by atoms with Crippen molar-refractivity contribution in [2.75, 3.05) is 0 Å². The molecule has 168 valence electrons. The van der Waals surface area contributed by atoms with E-state index in [4.69, 9.17) is 4.98 Å². The Hall–Kier alpha value is -3.45. The van der Waals surface area contributed by atoms with Crippen molar-refractivity contribution < 1.29 is 4.79 Å². The number of benzene rings is 2. The highest BCUT2D eigenvalue weighted by Gasteiger charge is 2.27. The molecule has 6 nitrogen and oxygen atoms in total. The molecule has 0 saturated heterocycles. The average Bonchev–Trinajstić information content (AvgIpc) is 2.82. The number of thioether (sulfide) groups is 1. The number of pyridine rings is 1. The van der Waals surface area contributed by atoms with Crippen molar-refractivity contribution in [3.8, 4) is 5.69 Å². The molecule has 0 spiro atoms. The van der Waals surface area contributed by atoms with Crippen LogP contribution >= 0.6 is 11.8 Å². The highest BCUT2D eigenvalue weighted by molar-refractivity contribution is 8.00. The number of fused-ring (bicyclic) bond motifs is 1. The third-order valence-corrected chi connectivity index (χ3v) is 6.88. The largest absolute Gasteiger partial charge is 0.351 e. The third-order valence-electron chi connectivity index (χ3n) is 5.39. The molecular weight excluding hydrogens is 432 g/mol. The SMILES string of the molecule is Cc1ccccc1-n1c(SC(C(=O)NCc2cccnc2)C(C)C)nc2ccccc2c1=O. The first kappa shape index (κ1) is 22.7. The van der Waals surface area contributed by atoms with Gasteiger partial charge in [-0.15, -0.1) is 0 Å². The van der Waals surface area contributed by atoms with E-state index in [9.17, 15) is 9.59 Å². The molecule has 2 heterocycles. The molecular formula is C26H26N4O2S. The fourth-order valence-electron chi connectivity index (χ4n) is 3.62. The predicted octanol–water partition coefficient (Wildman–Crippen LogP) is 4.52. The zero-order chi connectivity index (χ0) is 23.4. The van der Waals surface area contributed by atoms with Gasteiger partial charge in [-0.3, -0.25) is 19.1 Å². The van der Waals surface area contributed by atoms with Crippen LogP contribution in [0.5, 0.6) is 0 Å². The first-order valence-electron chi connectivity index (χ1n) is 10.9. The maximum Gasteiger partial charge on any atom is 0.266 e. The summed E-state index contributed by atoms with van der Waals surface area (Å²) in [5.41, 5.74) is 3.13. The number of aryl methyl sites for hydroxylation is 1. The minimum absolute atomic E-state index is 0.0255. The van der Waals surface area contributed by atoms with E-state index >= 15 is 0 Å². The minimum Gasteiger partial charge on any atom is -0.351 e. The average molecular weight is 459 g/mol. The zero-order valence-corrected chi connectivity index (χ0v) is 19.7. The third kappa shape index (κ3) is 4.98. The Labute approximate surface area is 197 Å². The van der Waals surface area contributed by atoms with Crippen molar-refractivity contribution in [2.24, 2.45) is 5.92 Å². The minimum atomic E-state index is -0.426. The number of aromatic nitrogens is 3. The van der Waals surface area contributed by atoms with Gasteiger partial charge in [0, 0.05) is 18.9 Å². The molecule has 4 rings (SSSR count). The lowest BCUT2D eigenvalue weighted by molar-refractivity contribution is -0.121. The van der Waals surface area contributed by atoms with Gasteiger partial charge in [-0.1, -0.05) is 62.0 Å². The molecule has 1 amide bonds. The maximum absolute atomic E-state index is 13.5. The number of carbonyl (C=O) groups excluding carboxylic acids is 1. The van der Waals surface area contributed by atoms with Crippen molar-refractivity contribution in [3.05, 3.63) is 94.5 Å². The van der Waals surface area contributed by atoms with Gasteiger partial charge in [0.15, 0.2) is 5.16 Å². The van der Waals surface area contributed by atoms with Crippen LogP contribution in [-0.4, -0.2) is 25.7 Å². The molecule has 4 aromatic rings. The summed E-state index contributed by atoms with van der Waals surface area (Å²) >= 11 is 1.32. The lowest BCUT2D eigenvalue weighted by atomic mass is 10.1. The fraction of sp³-hybridized carbons (Fsp3) is 0.231. The summed E-state index contributed by atoms with van der Waals surface area (Å²) in [7, 11) is 0. The number of rotatable bonds is 7. The Morgan fingerprint density at radius 3 is 2.55 bits per heavy atom. The van der Waals surface area contributed by atoms with Gasteiger partial charge in [0.25, 0.3) is 5.56 Å². The molecule has 2 aromatic heterocycles. The second-order valence-corrected chi connectivity index (χ2v) is 9.31. The fourth-order valence-corrected chi connectivity index (χ4v) is 4.74. The molecule has 2 aromatic carbocycles. The molecule has 7 heteroatoms. The summed E-state index contributed by atoms with van der Waals surface area (Å²) in [5, 5.41) is 3.63. The lowest BCUT2D eigenvalue weighted by Crippen LogP contribution is -2.36. The highest BCUT2D eigenvalue weighted by Crippen LogP contribution is 2.30. The standard InChI is InChI=1S/C26H26N4O2S/c1-17(2)23(24(31)28-16-19-10-8-14-27-15-19)33-26-29-21-12-6-5-11-20(21)25(32)30(26)22-13-7-4-9-18(22)3/h4-15,17,23H,16H2,1-3H3,(H,28,31). The van der Waals surface area contributed by atoms with Crippen LogP contribution in [0.15, 0.2) is 83.0 Å². The second-order valence-electron chi connectivity index (χ2n) is 8.20. The summed E-state index contributed by atoms with van der Waals surface area (Å²) < 4.78 is 1.63. The Bertz CT molecular complexity index is 1340. The summed E-state index contributed by atoms with van der Waals surface area (Å²) in [5.74, 6) is -0.0739. The highest BCUT2D eigenvalue weighted by atomic mass is 32.2. The maximum atomic E-state index is 13.5. The van der Waals surface area contributed by atoms with Gasteiger partial charge in [-0.25, -0.2) is 4.98 Å². The molecule has 1 N–H and O–H groups in total. The molecule has 0 bridgehead atoms. The van der Waals surface area contributed by atoms with Crippen molar-refractivity contribution in [1.29, 1.82) is 0 Å². The number of para-hydroxylation sites is 2. The molecule has 33 heavy (non-hydrogen) atoms. The first-order chi connectivity index (χ1) is 16.0. The van der Waals surface area contributed by atoms with Crippen LogP contribution in [-0.2, 0) is 11.3 Å². The molecule has 0 radical (unpaired) electrons. The number of hydrogen-bond acceptors (Lipinski definition) is 5. The molecule has 0 aliphatic carbocycles. The van der Waals surface area contributed by atoms with Crippen LogP contribution in [0.25, 0.3) is 16.6 Å². The van der Waals surface area contributed by atoms with Gasteiger partial charge in [0.2, 0.25) is 5.91 Å². The van der Waals surface area contributed by atoms with Gasteiger partial charge >= 0.3 is 0 Å². The van der Waals surface area contributed by atoms with Gasteiger partial charge in [0.05, 0.1) is 21.8 Å². The lowest BCUT2D eigenvalue weighted by Gasteiger charge is -2.22. The number of carbonyl (C=O) groups is 1. The monoisotopic (exact) mass is 458 g/mol. The van der Waals surface area contributed by atoms with Crippen LogP contribution < -0.4 is 10.9 Å². The van der Waals surface area contributed by atoms with Crippen LogP contribution in [0.1, 0.15) is 25.0 Å². The number of nitrogens with zero attached hydrogens (tertiary/aromatic N) is 3. The topological polar surface area (TPSA) is 76.9 Å². The van der Waals surface area contributed by atoms with Gasteiger partial charge in [-0.05, 0) is 48.2 Å². The Kier molecular flexibility index (Phi) is 6.89. The molecule has 1 unspecified atom stereocenters. The smallest absolute Gasteiger partial charge is 0.266 e. The Morgan fingerprint density at radius 1 is 1.06 bits per heavy atom. The molecule has 0 saturated carbocycles. The molecule has 0 aliphatic heterocycles. The molecule has 1 atom stereocenters. The number of nitrogens with one attached hydrogen (secondary N) is 1. The van der Waals surface area contributed by atoms with Gasteiger partial charge in [0.1, 0.15) is 0 Å². The van der Waals surface area contributed by atoms with E-state index in [1.165, 1.54) is 11.8 Å². The summed E-state index contributed by atoms with van der Waals surface area (Å²) in [6, 6.07) is 18.8. The van der Waals surface area contributed by atoms with E-state index < -0.39 is 5.25 Å². The van der Waals surface area contributed by atoms with Crippen molar-refractivity contribution in [1.82, 2.24) is 19.9 Å². The second kappa shape index (κ2) is 10.0. The molecule has 0 fully saturated rings. The summed E-state index contributed by atoms with van der Waals surface area (Å²) in [4.78, 5) is 35.6. The van der Waals surface area contributed by atoms with E-state index in [1.54, 1.807) is 23.0 Å². The first-order valence-corrected chi connectivity index (χ1v) is 11.7. The number of amides is 1. The quantitative estimate of drug-likeness (QED) is 0.325. The predicted molar refractivity (Wildman–Crippen MR) is 133 cm³/mol. The normalized spacial score (nSPS) is 12.1. The van der Waals surface area contributed by atoms with E-state index in [2.05, 4.69) is 10.3 Å². The van der Waals surface area contributed by atoms with Crippen LogP contribution in [0.4, 0.5) is 0 Å². The van der Waals surface area contributed by atoms with E-state index in [0.29, 0.717) is 22.6 Å².